The Balaban J connectivity index is 1.88. The third-order valence-electron chi connectivity index (χ3n) is 5.52. The SMILES string of the molecule is CCCCNC(=O)c1ccccc1NC(=O)CN(c1ccc(C)cc1)S(=O)(=O)c1ccc(SC)cc1. The van der Waals surface area contributed by atoms with E-state index in [-0.39, 0.29) is 10.8 Å². The first-order valence-corrected chi connectivity index (χ1v) is 14.3. The number of anilines is 2. The number of benzene rings is 3. The molecule has 7 nitrogen and oxygen atoms in total. The number of sulfonamides is 1. The number of nitrogens with one attached hydrogen (secondary N) is 2. The summed E-state index contributed by atoms with van der Waals surface area (Å²) >= 11 is 1.51. The van der Waals surface area contributed by atoms with Crippen molar-refractivity contribution in [3.63, 3.8) is 0 Å². The molecule has 0 atom stereocenters. The van der Waals surface area contributed by atoms with Crippen LogP contribution in [0.1, 0.15) is 35.7 Å². The number of carbonyl (C=O) groups is 2. The minimum Gasteiger partial charge on any atom is -0.352 e. The molecule has 3 aromatic carbocycles. The van der Waals surface area contributed by atoms with E-state index in [1.165, 1.54) is 23.9 Å². The van der Waals surface area contributed by atoms with Gasteiger partial charge in [0.15, 0.2) is 0 Å². The lowest BCUT2D eigenvalue weighted by molar-refractivity contribution is -0.114. The number of carbonyl (C=O) groups excluding carboxylic acids is 2. The van der Waals surface area contributed by atoms with Gasteiger partial charge >= 0.3 is 0 Å². The second-order valence-corrected chi connectivity index (χ2v) is 11.0. The van der Waals surface area contributed by atoms with Gasteiger partial charge < -0.3 is 10.6 Å². The highest BCUT2D eigenvalue weighted by molar-refractivity contribution is 7.98. The predicted molar refractivity (Wildman–Crippen MR) is 146 cm³/mol. The first-order valence-electron chi connectivity index (χ1n) is 11.7. The number of thioether (sulfide) groups is 1. The number of amides is 2. The van der Waals surface area contributed by atoms with Gasteiger partial charge in [0.25, 0.3) is 15.9 Å². The highest BCUT2D eigenvalue weighted by atomic mass is 32.2. The molecule has 3 rings (SSSR count). The summed E-state index contributed by atoms with van der Waals surface area (Å²) in [7, 11) is -4.04. The fourth-order valence-corrected chi connectivity index (χ4v) is 5.31. The van der Waals surface area contributed by atoms with Gasteiger partial charge in [0, 0.05) is 11.4 Å². The Morgan fingerprint density at radius 1 is 0.944 bits per heavy atom. The lowest BCUT2D eigenvalue weighted by Gasteiger charge is -2.24. The van der Waals surface area contributed by atoms with Crippen LogP contribution in [0.5, 0.6) is 0 Å². The van der Waals surface area contributed by atoms with E-state index in [4.69, 9.17) is 0 Å². The van der Waals surface area contributed by atoms with Crippen molar-refractivity contribution in [1.82, 2.24) is 5.32 Å². The number of hydrogen-bond donors (Lipinski definition) is 2. The Morgan fingerprint density at radius 2 is 1.61 bits per heavy atom. The zero-order valence-electron chi connectivity index (χ0n) is 20.7. The molecule has 0 saturated heterocycles. The Morgan fingerprint density at radius 3 is 2.25 bits per heavy atom. The van der Waals surface area contributed by atoms with Crippen LogP contribution in [-0.2, 0) is 14.8 Å². The van der Waals surface area contributed by atoms with E-state index in [0.29, 0.717) is 23.5 Å². The molecule has 0 aliphatic carbocycles. The van der Waals surface area contributed by atoms with E-state index in [2.05, 4.69) is 10.6 Å². The van der Waals surface area contributed by atoms with Gasteiger partial charge in [-0.3, -0.25) is 13.9 Å². The third kappa shape index (κ3) is 6.89. The number of para-hydroxylation sites is 1. The Bertz CT molecular complexity index is 1290. The zero-order valence-corrected chi connectivity index (χ0v) is 22.3. The molecule has 3 aromatic rings. The van der Waals surface area contributed by atoms with Crippen LogP contribution in [0.4, 0.5) is 11.4 Å². The van der Waals surface area contributed by atoms with Crippen LogP contribution in [0.15, 0.2) is 82.6 Å². The first kappa shape index (κ1) is 27.3. The summed E-state index contributed by atoms with van der Waals surface area (Å²) in [4.78, 5) is 26.8. The second-order valence-electron chi connectivity index (χ2n) is 8.23. The molecule has 0 aromatic heterocycles. The van der Waals surface area contributed by atoms with Gasteiger partial charge in [-0.25, -0.2) is 8.42 Å². The standard InChI is InChI=1S/C27H31N3O4S2/c1-4-5-18-28-27(32)24-8-6-7-9-25(24)29-26(31)19-30(21-12-10-20(2)11-13-21)36(33,34)23-16-14-22(35-3)15-17-23/h6-17H,4-5,18-19H2,1-3H3,(H,28,32)(H,29,31). The van der Waals surface area contributed by atoms with Crippen molar-refractivity contribution < 1.29 is 18.0 Å². The fourth-order valence-electron chi connectivity index (χ4n) is 3.49. The maximum atomic E-state index is 13.6. The summed E-state index contributed by atoms with van der Waals surface area (Å²) in [5.41, 5.74) is 1.98. The quantitative estimate of drug-likeness (QED) is 0.269. The minimum atomic E-state index is -4.04. The molecule has 0 aliphatic rings. The van der Waals surface area contributed by atoms with Crippen LogP contribution in [0.25, 0.3) is 0 Å². The first-order chi connectivity index (χ1) is 17.3. The average molecular weight is 526 g/mol. The minimum absolute atomic E-state index is 0.0874. The summed E-state index contributed by atoms with van der Waals surface area (Å²) in [5, 5.41) is 5.57. The molecule has 2 amide bonds. The van der Waals surface area contributed by atoms with Crippen molar-refractivity contribution in [3.8, 4) is 0 Å². The molecule has 0 spiro atoms. The van der Waals surface area contributed by atoms with Gasteiger partial charge in [-0.2, -0.15) is 0 Å². The van der Waals surface area contributed by atoms with Crippen LogP contribution in [-0.4, -0.2) is 39.6 Å². The fraction of sp³-hybridized carbons (Fsp3) is 0.259. The van der Waals surface area contributed by atoms with E-state index >= 15 is 0 Å². The second kappa shape index (κ2) is 12.6. The Labute approximate surface area is 217 Å². The molecule has 9 heteroatoms. The molecule has 0 saturated carbocycles. The summed E-state index contributed by atoms with van der Waals surface area (Å²) in [6, 6.07) is 20.1. The molecule has 0 fully saturated rings. The maximum Gasteiger partial charge on any atom is 0.264 e. The lowest BCUT2D eigenvalue weighted by atomic mass is 10.1. The molecule has 0 aliphatic heterocycles. The molecule has 0 heterocycles. The van der Waals surface area contributed by atoms with Crippen molar-refractivity contribution in [2.75, 3.05) is 29.0 Å². The topological polar surface area (TPSA) is 95.6 Å². The largest absolute Gasteiger partial charge is 0.352 e. The molecule has 190 valence electrons. The monoisotopic (exact) mass is 525 g/mol. The molecule has 2 N–H and O–H groups in total. The van der Waals surface area contributed by atoms with Gasteiger partial charge in [-0.15, -0.1) is 11.8 Å². The van der Waals surface area contributed by atoms with Gasteiger partial charge in [0.1, 0.15) is 6.54 Å². The highest BCUT2D eigenvalue weighted by Gasteiger charge is 2.27. The zero-order chi connectivity index (χ0) is 26.1. The van der Waals surface area contributed by atoms with Crippen LogP contribution < -0.4 is 14.9 Å². The van der Waals surface area contributed by atoms with Crippen LogP contribution in [0.3, 0.4) is 0 Å². The van der Waals surface area contributed by atoms with Crippen molar-refractivity contribution in [3.05, 3.63) is 83.9 Å². The lowest BCUT2D eigenvalue weighted by Crippen LogP contribution is -2.38. The van der Waals surface area contributed by atoms with Crippen molar-refractivity contribution in [2.45, 2.75) is 36.5 Å². The smallest absolute Gasteiger partial charge is 0.264 e. The van der Waals surface area contributed by atoms with E-state index in [1.807, 2.05) is 20.1 Å². The molecule has 0 radical (unpaired) electrons. The van der Waals surface area contributed by atoms with E-state index in [0.717, 1.165) is 27.6 Å². The number of aryl methyl sites for hydroxylation is 1. The molecule has 36 heavy (non-hydrogen) atoms. The number of nitrogens with zero attached hydrogens (tertiary/aromatic N) is 1. The normalized spacial score (nSPS) is 11.1. The van der Waals surface area contributed by atoms with Gasteiger partial charge in [-0.05, 0) is 68.1 Å². The number of hydrogen-bond acceptors (Lipinski definition) is 5. The van der Waals surface area contributed by atoms with Crippen molar-refractivity contribution >= 4 is 45.0 Å². The van der Waals surface area contributed by atoms with Gasteiger partial charge in [0.05, 0.1) is 21.8 Å². The molecular weight excluding hydrogens is 494 g/mol. The van der Waals surface area contributed by atoms with E-state index in [9.17, 15) is 18.0 Å². The predicted octanol–water partition coefficient (Wildman–Crippen LogP) is 5.08. The Kier molecular flexibility index (Phi) is 9.55. The van der Waals surface area contributed by atoms with E-state index < -0.39 is 22.5 Å². The maximum absolute atomic E-state index is 13.6. The third-order valence-corrected chi connectivity index (χ3v) is 8.05. The molecular formula is C27H31N3O4S2. The number of unbranched alkanes of at least 4 members (excludes halogenated alkanes) is 1. The van der Waals surface area contributed by atoms with Crippen molar-refractivity contribution in [2.24, 2.45) is 0 Å². The van der Waals surface area contributed by atoms with Gasteiger partial charge in [-0.1, -0.05) is 43.2 Å². The molecule has 0 bridgehead atoms. The van der Waals surface area contributed by atoms with Crippen LogP contribution in [0, 0.1) is 6.92 Å². The van der Waals surface area contributed by atoms with Crippen LogP contribution in [0.2, 0.25) is 0 Å². The van der Waals surface area contributed by atoms with E-state index in [1.54, 1.807) is 60.7 Å². The average Bonchev–Trinajstić information content (AvgIpc) is 2.88. The molecule has 0 unspecified atom stereocenters. The van der Waals surface area contributed by atoms with Gasteiger partial charge in [0.2, 0.25) is 5.91 Å². The van der Waals surface area contributed by atoms with Crippen molar-refractivity contribution in [1.29, 1.82) is 0 Å². The summed E-state index contributed by atoms with van der Waals surface area (Å²) in [6.07, 6.45) is 3.71. The summed E-state index contributed by atoms with van der Waals surface area (Å²) in [5.74, 6) is -0.857. The van der Waals surface area contributed by atoms with Crippen LogP contribution >= 0.6 is 11.8 Å². The Hall–Kier alpha value is -3.30. The number of rotatable bonds is 11. The highest BCUT2D eigenvalue weighted by Crippen LogP contribution is 2.26. The summed E-state index contributed by atoms with van der Waals surface area (Å²) < 4.78 is 28.3. The summed E-state index contributed by atoms with van der Waals surface area (Å²) in [6.45, 7) is 4.01.